The van der Waals surface area contributed by atoms with Gasteiger partial charge in [-0.1, -0.05) is 12.1 Å². The monoisotopic (exact) mass is 340 g/mol. The summed E-state index contributed by atoms with van der Waals surface area (Å²) in [5.74, 6) is 0.992. The minimum atomic E-state index is -0.282. The molecule has 0 atom stereocenters. The first-order valence-corrected chi connectivity index (χ1v) is 8.49. The second kappa shape index (κ2) is 6.23. The molecule has 2 N–H and O–H groups in total. The van der Waals surface area contributed by atoms with Gasteiger partial charge in [-0.2, -0.15) is 5.10 Å². The lowest BCUT2D eigenvalue weighted by molar-refractivity contribution is -0.131. The van der Waals surface area contributed by atoms with Gasteiger partial charge in [0.05, 0.1) is 12.7 Å². The van der Waals surface area contributed by atoms with Crippen LogP contribution in [-0.2, 0) is 11.2 Å². The van der Waals surface area contributed by atoms with Crippen LogP contribution in [0.4, 0.5) is 0 Å². The highest BCUT2D eigenvalue weighted by Gasteiger charge is 2.26. The number of carbonyl (C=O) groups excluding carboxylic acids is 1. The molecule has 0 saturated carbocycles. The number of hydrogen-bond acceptors (Lipinski definition) is 4. The van der Waals surface area contributed by atoms with Crippen LogP contribution in [0.1, 0.15) is 35.7 Å². The van der Waals surface area contributed by atoms with Gasteiger partial charge in [-0.25, -0.2) is 9.89 Å². The van der Waals surface area contributed by atoms with E-state index in [-0.39, 0.29) is 17.5 Å². The molecule has 1 fully saturated rings. The van der Waals surface area contributed by atoms with Crippen LogP contribution in [-0.4, -0.2) is 39.1 Å². The van der Waals surface area contributed by atoms with E-state index < -0.39 is 0 Å². The Balaban J connectivity index is 1.41. The molecular formula is C18H20N4O3. The molecule has 1 aliphatic heterocycles. The van der Waals surface area contributed by atoms with Crippen LogP contribution in [0.15, 0.2) is 33.7 Å². The molecule has 7 heteroatoms. The Morgan fingerprint density at radius 2 is 2.16 bits per heavy atom. The fraction of sp³-hybridized carbons (Fsp3) is 0.389. The van der Waals surface area contributed by atoms with Crippen molar-refractivity contribution in [1.29, 1.82) is 0 Å². The average Bonchev–Trinajstić information content (AvgIpc) is 3.21. The third kappa shape index (κ3) is 3.09. The highest BCUT2D eigenvalue weighted by molar-refractivity contribution is 5.88. The van der Waals surface area contributed by atoms with Crippen LogP contribution in [0, 0.1) is 6.92 Å². The molecule has 1 aromatic carbocycles. The Morgan fingerprint density at radius 1 is 1.36 bits per heavy atom. The number of furan rings is 1. The van der Waals surface area contributed by atoms with Crippen molar-refractivity contribution in [3.63, 3.8) is 0 Å². The molecule has 4 rings (SSSR count). The van der Waals surface area contributed by atoms with Crippen molar-refractivity contribution in [2.24, 2.45) is 0 Å². The fourth-order valence-electron chi connectivity index (χ4n) is 3.48. The van der Waals surface area contributed by atoms with Gasteiger partial charge in [0.2, 0.25) is 5.91 Å². The van der Waals surface area contributed by atoms with E-state index in [0.717, 1.165) is 34.9 Å². The number of H-pyrrole nitrogens is 2. The Labute approximate surface area is 144 Å². The van der Waals surface area contributed by atoms with Crippen molar-refractivity contribution in [2.45, 2.75) is 32.1 Å². The van der Waals surface area contributed by atoms with Gasteiger partial charge in [-0.15, -0.1) is 0 Å². The first-order valence-electron chi connectivity index (χ1n) is 8.49. The summed E-state index contributed by atoms with van der Waals surface area (Å²) in [7, 11) is 0. The number of aryl methyl sites for hydroxylation is 1. The van der Waals surface area contributed by atoms with Gasteiger partial charge in [0, 0.05) is 30.0 Å². The highest BCUT2D eigenvalue weighted by atomic mass is 16.3. The second-order valence-electron chi connectivity index (χ2n) is 6.66. The number of nitrogens with one attached hydrogen (secondary N) is 2. The topological polar surface area (TPSA) is 95.0 Å². The summed E-state index contributed by atoms with van der Waals surface area (Å²) >= 11 is 0. The van der Waals surface area contributed by atoms with E-state index in [9.17, 15) is 9.59 Å². The molecule has 130 valence electrons. The number of benzene rings is 1. The van der Waals surface area contributed by atoms with Crippen molar-refractivity contribution in [3.05, 3.63) is 51.9 Å². The number of hydrogen-bond donors (Lipinski definition) is 2. The molecule has 1 aliphatic rings. The van der Waals surface area contributed by atoms with Crippen molar-refractivity contribution >= 4 is 16.9 Å². The lowest BCUT2D eigenvalue weighted by Gasteiger charge is -2.31. The van der Waals surface area contributed by atoms with Crippen LogP contribution in [0.2, 0.25) is 0 Å². The van der Waals surface area contributed by atoms with Gasteiger partial charge < -0.3 is 9.32 Å². The first kappa shape index (κ1) is 15.7. The van der Waals surface area contributed by atoms with Crippen LogP contribution in [0.5, 0.6) is 0 Å². The molecule has 25 heavy (non-hydrogen) atoms. The zero-order chi connectivity index (χ0) is 17.4. The molecule has 3 aromatic rings. The fourth-order valence-corrected chi connectivity index (χ4v) is 3.48. The summed E-state index contributed by atoms with van der Waals surface area (Å²) in [6.07, 6.45) is 3.64. The molecule has 0 aliphatic carbocycles. The van der Waals surface area contributed by atoms with E-state index in [1.165, 1.54) is 0 Å². The van der Waals surface area contributed by atoms with E-state index >= 15 is 0 Å². The number of aromatic amines is 2. The molecule has 0 bridgehead atoms. The minimum absolute atomic E-state index is 0.109. The maximum Gasteiger partial charge on any atom is 0.340 e. The maximum atomic E-state index is 12.6. The molecule has 0 unspecified atom stereocenters. The van der Waals surface area contributed by atoms with Gasteiger partial charge in [0.15, 0.2) is 0 Å². The van der Waals surface area contributed by atoms with Crippen LogP contribution in [0.25, 0.3) is 11.0 Å². The average molecular weight is 340 g/mol. The predicted molar refractivity (Wildman–Crippen MR) is 92.4 cm³/mol. The summed E-state index contributed by atoms with van der Waals surface area (Å²) < 4.78 is 5.58. The number of amides is 1. The van der Waals surface area contributed by atoms with Gasteiger partial charge in [-0.05, 0) is 31.4 Å². The summed E-state index contributed by atoms with van der Waals surface area (Å²) in [5.41, 5.74) is 2.61. The van der Waals surface area contributed by atoms with Crippen LogP contribution >= 0.6 is 0 Å². The summed E-state index contributed by atoms with van der Waals surface area (Å²) in [5, 5.41) is 7.40. The zero-order valence-corrected chi connectivity index (χ0v) is 14.0. The summed E-state index contributed by atoms with van der Waals surface area (Å²) in [4.78, 5) is 28.4. The summed E-state index contributed by atoms with van der Waals surface area (Å²) in [6, 6.07) is 6.03. The predicted octanol–water partition coefficient (Wildman–Crippen LogP) is 2.10. The second-order valence-corrected chi connectivity index (χ2v) is 6.66. The SMILES string of the molecule is Cc1ccc2c(CC(=O)N3CCC(c4n[nH]c(=O)[nH]4)CC3)coc2c1. The Bertz CT molecular complexity index is 960. The first-order chi connectivity index (χ1) is 12.1. The van der Waals surface area contributed by atoms with E-state index in [4.69, 9.17) is 4.42 Å². The third-order valence-corrected chi connectivity index (χ3v) is 4.91. The Morgan fingerprint density at radius 3 is 2.88 bits per heavy atom. The Kier molecular flexibility index (Phi) is 3.91. The number of rotatable bonds is 3. The van der Waals surface area contributed by atoms with Gasteiger partial charge in [0.1, 0.15) is 11.4 Å². The van der Waals surface area contributed by atoms with Crippen LogP contribution in [0.3, 0.4) is 0 Å². The zero-order valence-electron chi connectivity index (χ0n) is 14.0. The standard InChI is InChI=1S/C18H20N4O3/c1-11-2-3-14-13(10-25-15(14)8-11)9-16(23)22-6-4-12(5-7-22)17-19-18(24)21-20-17/h2-3,8,10,12H,4-7,9H2,1H3,(H2,19,20,21,24). The number of carbonyl (C=O) groups is 1. The summed E-state index contributed by atoms with van der Waals surface area (Å²) in [6.45, 7) is 3.37. The third-order valence-electron chi connectivity index (χ3n) is 4.91. The number of piperidine rings is 1. The molecule has 1 amide bonds. The minimum Gasteiger partial charge on any atom is -0.464 e. The quantitative estimate of drug-likeness (QED) is 0.763. The van der Waals surface area contributed by atoms with E-state index in [2.05, 4.69) is 15.2 Å². The number of fused-ring (bicyclic) bond motifs is 1. The lowest BCUT2D eigenvalue weighted by Crippen LogP contribution is -2.39. The van der Waals surface area contributed by atoms with Gasteiger partial charge in [-0.3, -0.25) is 9.78 Å². The largest absolute Gasteiger partial charge is 0.464 e. The number of aromatic nitrogens is 3. The maximum absolute atomic E-state index is 12.6. The van der Waals surface area contributed by atoms with Crippen molar-refractivity contribution in [1.82, 2.24) is 20.1 Å². The normalized spacial score (nSPS) is 15.8. The van der Waals surface area contributed by atoms with E-state index in [0.29, 0.717) is 25.3 Å². The van der Waals surface area contributed by atoms with E-state index in [1.807, 2.05) is 30.0 Å². The molecule has 3 heterocycles. The highest BCUT2D eigenvalue weighted by Crippen LogP contribution is 2.26. The molecule has 0 spiro atoms. The van der Waals surface area contributed by atoms with Gasteiger partial charge >= 0.3 is 5.69 Å². The van der Waals surface area contributed by atoms with Crippen molar-refractivity contribution in [3.8, 4) is 0 Å². The molecule has 2 aromatic heterocycles. The smallest absolute Gasteiger partial charge is 0.340 e. The van der Waals surface area contributed by atoms with Gasteiger partial charge in [0.25, 0.3) is 0 Å². The van der Waals surface area contributed by atoms with Crippen molar-refractivity contribution < 1.29 is 9.21 Å². The number of nitrogens with zero attached hydrogens (tertiary/aromatic N) is 2. The molecule has 0 radical (unpaired) electrons. The van der Waals surface area contributed by atoms with E-state index in [1.54, 1.807) is 6.26 Å². The Hall–Kier alpha value is -2.83. The van der Waals surface area contributed by atoms with Crippen molar-refractivity contribution in [2.75, 3.05) is 13.1 Å². The molecule has 1 saturated heterocycles. The molecular weight excluding hydrogens is 320 g/mol. The van der Waals surface area contributed by atoms with Crippen LogP contribution < -0.4 is 5.69 Å². The lowest BCUT2D eigenvalue weighted by atomic mass is 9.95. The molecule has 7 nitrogen and oxygen atoms in total. The number of likely N-dealkylation sites (tertiary alicyclic amines) is 1.